The molecule has 1 aromatic heterocycles. The van der Waals surface area contributed by atoms with E-state index >= 15 is 0 Å². The Balaban J connectivity index is 2.88. The standard InChI is InChI=1S/C7H7F3N2O/c8-1-2-13-7-4(9)3-5(11)6(10)12-7/h3H,1-2,11H2. The van der Waals surface area contributed by atoms with E-state index in [-0.39, 0.29) is 6.61 Å². The number of hydrogen-bond donors (Lipinski definition) is 1. The minimum Gasteiger partial charge on any atom is -0.473 e. The van der Waals surface area contributed by atoms with Crippen LogP contribution in [0.1, 0.15) is 0 Å². The first-order valence-corrected chi connectivity index (χ1v) is 3.45. The third-order valence-corrected chi connectivity index (χ3v) is 1.24. The van der Waals surface area contributed by atoms with Gasteiger partial charge in [-0.3, -0.25) is 0 Å². The molecule has 0 aromatic carbocycles. The minimum atomic E-state index is -1.03. The molecule has 2 N–H and O–H groups in total. The zero-order valence-electron chi connectivity index (χ0n) is 6.56. The number of alkyl halides is 1. The maximum absolute atomic E-state index is 12.8. The van der Waals surface area contributed by atoms with Gasteiger partial charge in [0.2, 0.25) is 5.95 Å². The first-order valence-electron chi connectivity index (χ1n) is 3.45. The van der Waals surface area contributed by atoms with Gasteiger partial charge < -0.3 is 10.5 Å². The normalized spacial score (nSPS) is 10.1. The van der Waals surface area contributed by atoms with Gasteiger partial charge in [0.1, 0.15) is 13.3 Å². The molecule has 0 fully saturated rings. The topological polar surface area (TPSA) is 48.1 Å². The Kier molecular flexibility index (Phi) is 2.94. The number of ether oxygens (including phenoxy) is 1. The van der Waals surface area contributed by atoms with Gasteiger partial charge in [-0.1, -0.05) is 0 Å². The zero-order chi connectivity index (χ0) is 9.84. The van der Waals surface area contributed by atoms with Crippen molar-refractivity contribution in [3.05, 3.63) is 17.8 Å². The van der Waals surface area contributed by atoms with Crippen LogP contribution in [0.5, 0.6) is 5.88 Å². The summed E-state index contributed by atoms with van der Waals surface area (Å²) >= 11 is 0. The van der Waals surface area contributed by atoms with Crippen LogP contribution in [0.15, 0.2) is 6.07 Å². The Hall–Kier alpha value is -1.46. The molecule has 3 nitrogen and oxygen atoms in total. The molecule has 0 bridgehead atoms. The van der Waals surface area contributed by atoms with Crippen molar-refractivity contribution in [1.29, 1.82) is 0 Å². The second-order valence-electron chi connectivity index (χ2n) is 2.19. The van der Waals surface area contributed by atoms with Crippen LogP contribution in [0, 0.1) is 11.8 Å². The highest BCUT2D eigenvalue weighted by Crippen LogP contribution is 2.18. The second kappa shape index (κ2) is 3.97. The molecule has 6 heteroatoms. The van der Waals surface area contributed by atoms with Crippen LogP contribution in [-0.2, 0) is 0 Å². The van der Waals surface area contributed by atoms with Gasteiger partial charge in [0.15, 0.2) is 5.82 Å². The van der Waals surface area contributed by atoms with Crippen molar-refractivity contribution in [3.8, 4) is 5.88 Å². The van der Waals surface area contributed by atoms with E-state index in [1.807, 2.05) is 0 Å². The van der Waals surface area contributed by atoms with E-state index in [2.05, 4.69) is 9.72 Å². The lowest BCUT2D eigenvalue weighted by atomic mass is 10.4. The average Bonchev–Trinajstić information content (AvgIpc) is 2.09. The molecule has 0 atom stereocenters. The van der Waals surface area contributed by atoms with E-state index in [9.17, 15) is 13.2 Å². The van der Waals surface area contributed by atoms with Crippen molar-refractivity contribution in [1.82, 2.24) is 4.98 Å². The van der Waals surface area contributed by atoms with E-state index in [1.54, 1.807) is 0 Å². The summed E-state index contributed by atoms with van der Waals surface area (Å²) in [6, 6.07) is 0.732. The fourth-order valence-corrected chi connectivity index (χ4v) is 0.701. The quantitative estimate of drug-likeness (QED) is 0.734. The van der Waals surface area contributed by atoms with Gasteiger partial charge in [0, 0.05) is 6.07 Å². The second-order valence-corrected chi connectivity index (χ2v) is 2.19. The van der Waals surface area contributed by atoms with Gasteiger partial charge >= 0.3 is 0 Å². The van der Waals surface area contributed by atoms with E-state index in [0.717, 1.165) is 6.07 Å². The van der Waals surface area contributed by atoms with E-state index < -0.39 is 30.0 Å². The molecule has 0 saturated heterocycles. The van der Waals surface area contributed by atoms with Gasteiger partial charge in [0.05, 0.1) is 5.69 Å². The predicted octanol–water partition coefficient (Wildman–Crippen LogP) is 1.29. The summed E-state index contributed by atoms with van der Waals surface area (Å²) < 4.78 is 41.5. The number of pyridine rings is 1. The van der Waals surface area contributed by atoms with Gasteiger partial charge in [-0.25, -0.2) is 8.78 Å². The number of nitrogens with two attached hydrogens (primary N) is 1. The molecule has 1 aromatic rings. The van der Waals surface area contributed by atoms with E-state index in [1.165, 1.54) is 0 Å². The molecule has 0 radical (unpaired) electrons. The average molecular weight is 192 g/mol. The Morgan fingerprint density at radius 2 is 2.15 bits per heavy atom. The van der Waals surface area contributed by atoms with Gasteiger partial charge in [-0.2, -0.15) is 9.37 Å². The predicted molar refractivity (Wildman–Crippen MR) is 40.0 cm³/mol. The van der Waals surface area contributed by atoms with Crippen molar-refractivity contribution in [2.75, 3.05) is 19.0 Å². The molecule has 0 aliphatic carbocycles. The van der Waals surface area contributed by atoms with Crippen molar-refractivity contribution in [3.63, 3.8) is 0 Å². The molecule has 0 spiro atoms. The van der Waals surface area contributed by atoms with Gasteiger partial charge in [-0.15, -0.1) is 0 Å². The van der Waals surface area contributed by atoms with Crippen LogP contribution < -0.4 is 10.5 Å². The molecule has 0 aliphatic rings. The number of nitrogens with zero attached hydrogens (tertiary/aromatic N) is 1. The van der Waals surface area contributed by atoms with Crippen molar-refractivity contribution >= 4 is 5.69 Å². The van der Waals surface area contributed by atoms with Crippen LogP contribution >= 0.6 is 0 Å². The Morgan fingerprint density at radius 1 is 1.46 bits per heavy atom. The number of anilines is 1. The van der Waals surface area contributed by atoms with Gasteiger partial charge in [-0.05, 0) is 0 Å². The maximum atomic E-state index is 12.8. The maximum Gasteiger partial charge on any atom is 0.253 e. The SMILES string of the molecule is Nc1cc(F)c(OCCF)nc1F. The van der Waals surface area contributed by atoms with Crippen LogP contribution in [-0.4, -0.2) is 18.3 Å². The van der Waals surface area contributed by atoms with Crippen LogP contribution in [0.3, 0.4) is 0 Å². The van der Waals surface area contributed by atoms with E-state index in [4.69, 9.17) is 5.73 Å². The molecule has 13 heavy (non-hydrogen) atoms. The Labute approximate surface area is 72.3 Å². The summed E-state index contributed by atoms with van der Waals surface area (Å²) in [6.45, 7) is -1.17. The first kappa shape index (κ1) is 9.63. The fourth-order valence-electron chi connectivity index (χ4n) is 0.701. The summed E-state index contributed by atoms with van der Waals surface area (Å²) in [5.74, 6) is -2.52. The summed E-state index contributed by atoms with van der Waals surface area (Å²) in [7, 11) is 0. The third-order valence-electron chi connectivity index (χ3n) is 1.24. The molecule has 0 aliphatic heterocycles. The number of hydrogen-bond acceptors (Lipinski definition) is 3. The molecular formula is C7H7F3N2O. The molecule has 0 unspecified atom stereocenters. The summed E-state index contributed by atoms with van der Waals surface area (Å²) in [4.78, 5) is 3.05. The van der Waals surface area contributed by atoms with Crippen molar-refractivity contribution in [2.24, 2.45) is 0 Å². The van der Waals surface area contributed by atoms with E-state index in [0.29, 0.717) is 0 Å². The highest BCUT2D eigenvalue weighted by Gasteiger charge is 2.10. The van der Waals surface area contributed by atoms with Crippen LogP contribution in [0.4, 0.5) is 18.9 Å². The lowest BCUT2D eigenvalue weighted by molar-refractivity contribution is 0.249. The summed E-state index contributed by atoms with van der Waals surface area (Å²) in [5.41, 5.74) is 4.60. The summed E-state index contributed by atoms with van der Waals surface area (Å²) in [5, 5.41) is 0. The van der Waals surface area contributed by atoms with Crippen molar-refractivity contribution < 1.29 is 17.9 Å². The first-order chi connectivity index (χ1) is 6.15. The number of nitrogen functional groups attached to an aromatic ring is 1. The molecule has 1 rings (SSSR count). The lowest BCUT2D eigenvalue weighted by Crippen LogP contribution is -2.05. The largest absolute Gasteiger partial charge is 0.473 e. The molecule has 1 heterocycles. The Bertz CT molecular complexity index is 306. The third kappa shape index (κ3) is 2.24. The van der Waals surface area contributed by atoms with Crippen LogP contribution in [0.2, 0.25) is 0 Å². The van der Waals surface area contributed by atoms with Crippen LogP contribution in [0.25, 0.3) is 0 Å². The van der Waals surface area contributed by atoms with Crippen molar-refractivity contribution in [2.45, 2.75) is 0 Å². The molecule has 0 saturated carbocycles. The summed E-state index contributed by atoms with van der Waals surface area (Å²) in [6.07, 6.45) is 0. The molecule has 0 amide bonds. The number of halogens is 3. The highest BCUT2D eigenvalue weighted by molar-refractivity contribution is 5.38. The Morgan fingerprint density at radius 3 is 2.77 bits per heavy atom. The fraction of sp³-hybridized carbons (Fsp3) is 0.286. The minimum absolute atomic E-state index is 0.368. The smallest absolute Gasteiger partial charge is 0.253 e. The lowest BCUT2D eigenvalue weighted by Gasteiger charge is -2.04. The zero-order valence-corrected chi connectivity index (χ0v) is 6.56. The molecular weight excluding hydrogens is 185 g/mol. The number of aromatic nitrogens is 1. The highest BCUT2D eigenvalue weighted by atomic mass is 19.1. The monoisotopic (exact) mass is 192 g/mol. The number of rotatable bonds is 3. The van der Waals surface area contributed by atoms with Gasteiger partial charge in [0.25, 0.3) is 5.88 Å². The molecule has 72 valence electrons.